The average Bonchev–Trinajstić information content (AvgIpc) is 2.04. The van der Waals surface area contributed by atoms with Gasteiger partial charge in [0, 0.05) is 0 Å². The van der Waals surface area contributed by atoms with Crippen molar-refractivity contribution in [3.8, 4) is 0 Å². The van der Waals surface area contributed by atoms with Crippen LogP contribution >= 0.6 is 0 Å². The Hall–Kier alpha value is -0.581. The third-order valence-corrected chi connectivity index (χ3v) is 2.69. The summed E-state index contributed by atoms with van der Waals surface area (Å²) in [6.45, 7) is 0.755. The van der Waals surface area contributed by atoms with Crippen molar-refractivity contribution in [3.63, 3.8) is 0 Å². The van der Waals surface area contributed by atoms with Crippen LogP contribution in [-0.2, 0) is 6.42 Å². The third-order valence-electron chi connectivity index (χ3n) is 1.91. The number of aromatic nitrogens is 1. The molecule has 0 bridgehead atoms. The second kappa shape index (κ2) is 3.05. The van der Waals surface area contributed by atoms with Crippen molar-refractivity contribution >= 4 is 32.1 Å². The summed E-state index contributed by atoms with van der Waals surface area (Å²) in [5.41, 5.74) is 1.88. The van der Waals surface area contributed by atoms with Crippen LogP contribution in [-0.4, -0.2) is 40.0 Å². The van der Waals surface area contributed by atoms with Crippen LogP contribution in [0.5, 0.6) is 0 Å². The Labute approximate surface area is 83.7 Å². The molecule has 2 heterocycles. The normalized spacial score (nSPS) is 15.2. The van der Waals surface area contributed by atoms with Gasteiger partial charge >= 0.3 is 83.6 Å². The summed E-state index contributed by atoms with van der Waals surface area (Å²) in [6.07, 6.45) is 2.61. The maximum atomic E-state index is 11.3. The summed E-state index contributed by atoms with van der Waals surface area (Å²) >= 11 is 1.30. The first-order valence-electron chi connectivity index (χ1n) is 3.76. The molecule has 1 aliphatic heterocycles. The molecule has 3 radical (unpaired) electrons. The summed E-state index contributed by atoms with van der Waals surface area (Å²) < 4.78 is 1.07. The molecule has 3 nitrogen and oxygen atoms in total. The Bertz CT molecular complexity index is 338. The van der Waals surface area contributed by atoms with Gasteiger partial charge in [-0.1, -0.05) is 0 Å². The number of amides is 1. The first-order chi connectivity index (χ1) is 5.77. The molecule has 1 aliphatic rings. The van der Waals surface area contributed by atoms with Crippen LogP contribution in [0.3, 0.4) is 0 Å². The molecule has 0 aromatic carbocycles. The molecule has 0 saturated carbocycles. The molecule has 1 aromatic rings. The van der Waals surface area contributed by atoms with Gasteiger partial charge in [-0.05, 0) is 0 Å². The van der Waals surface area contributed by atoms with E-state index in [0.29, 0.717) is 0 Å². The zero-order valence-electron chi connectivity index (χ0n) is 6.42. The third kappa shape index (κ3) is 1.33. The van der Waals surface area contributed by atoms with Crippen LogP contribution in [0.15, 0.2) is 12.3 Å². The molecule has 1 amide bonds. The van der Waals surface area contributed by atoms with Crippen molar-refractivity contribution < 1.29 is 4.79 Å². The van der Waals surface area contributed by atoms with E-state index in [1.807, 2.05) is 6.07 Å². The predicted octanol–water partition coefficient (Wildman–Crippen LogP) is -0.839. The molecule has 1 aromatic heterocycles. The van der Waals surface area contributed by atoms with Crippen LogP contribution in [0.25, 0.3) is 0 Å². The van der Waals surface area contributed by atoms with Crippen molar-refractivity contribution in [1.82, 2.24) is 10.3 Å². The van der Waals surface area contributed by atoms with Crippen molar-refractivity contribution in [2.24, 2.45) is 0 Å². The summed E-state index contributed by atoms with van der Waals surface area (Å²) in [7, 11) is 0. The number of fused-ring (bicyclic) bond motifs is 1. The minimum atomic E-state index is 0.0135. The van der Waals surface area contributed by atoms with Crippen LogP contribution in [0.2, 0.25) is 0 Å². The fourth-order valence-electron chi connectivity index (χ4n) is 1.31. The number of nitrogens with zero attached hydrogens (tertiary/aromatic N) is 1. The fourth-order valence-corrected chi connectivity index (χ4v) is 2.00. The van der Waals surface area contributed by atoms with Gasteiger partial charge in [-0.15, -0.1) is 0 Å². The molecule has 0 fully saturated rings. The van der Waals surface area contributed by atoms with E-state index in [-0.39, 0.29) is 5.91 Å². The first-order valence-corrected chi connectivity index (χ1v) is 5.19. The van der Waals surface area contributed by atoms with E-state index in [9.17, 15) is 4.79 Å². The van der Waals surface area contributed by atoms with Crippen molar-refractivity contribution in [3.05, 3.63) is 23.4 Å². The molecule has 2 rings (SSSR count). The van der Waals surface area contributed by atoms with E-state index >= 15 is 0 Å². The van der Waals surface area contributed by atoms with Gasteiger partial charge in [-0.25, -0.2) is 0 Å². The topological polar surface area (TPSA) is 42.0 Å². The molecule has 0 saturated heterocycles. The number of hydrogen-bond donors (Lipinski definition) is 1. The molecule has 4 heteroatoms. The molecule has 0 spiro atoms. The Kier molecular flexibility index (Phi) is 2.04. The molecule has 0 aliphatic carbocycles. The van der Waals surface area contributed by atoms with Crippen LogP contribution in [0.1, 0.15) is 15.9 Å². The van der Waals surface area contributed by atoms with Crippen LogP contribution in [0.4, 0.5) is 0 Å². The van der Waals surface area contributed by atoms with E-state index in [0.717, 1.165) is 27.8 Å². The van der Waals surface area contributed by atoms with E-state index < -0.39 is 0 Å². The van der Waals surface area contributed by atoms with Crippen LogP contribution < -0.4 is 9.03 Å². The minimum absolute atomic E-state index is 0.0135. The summed E-state index contributed by atoms with van der Waals surface area (Å²) in [5.74, 6) is 0.0135. The standard InChI is InChI=1S/C8H7N2O.Sn/c11-8-7-5-9-3-1-6(7)2-4-10-8;/h1,5H,2,4H2,(H,10,11);. The molecular formula is C8H7N2OSn. The first kappa shape index (κ1) is 8.04. The Morgan fingerprint density at radius 1 is 1.58 bits per heavy atom. The number of pyridine rings is 1. The monoisotopic (exact) mass is 267 g/mol. The van der Waals surface area contributed by atoms with Crippen molar-refractivity contribution in [1.29, 1.82) is 0 Å². The van der Waals surface area contributed by atoms with Gasteiger partial charge in [-0.2, -0.15) is 0 Å². The number of carbonyl (C=O) groups excluding carboxylic acids is 1. The predicted molar refractivity (Wildman–Crippen MR) is 45.7 cm³/mol. The maximum absolute atomic E-state index is 11.3. The molecule has 59 valence electrons. The van der Waals surface area contributed by atoms with Gasteiger partial charge < -0.3 is 0 Å². The second-order valence-electron chi connectivity index (χ2n) is 2.73. The zero-order valence-corrected chi connectivity index (χ0v) is 9.28. The molecule has 1 N–H and O–H groups in total. The zero-order chi connectivity index (χ0) is 8.55. The Morgan fingerprint density at radius 2 is 2.42 bits per heavy atom. The van der Waals surface area contributed by atoms with Gasteiger partial charge in [0.15, 0.2) is 0 Å². The second-order valence-corrected chi connectivity index (χ2v) is 4.19. The summed E-state index contributed by atoms with van der Waals surface area (Å²) in [5, 5.41) is 2.79. The molecule has 0 unspecified atom stereocenters. The fraction of sp³-hybridized carbons (Fsp3) is 0.250. The number of rotatable bonds is 0. The molecule has 12 heavy (non-hydrogen) atoms. The van der Waals surface area contributed by atoms with E-state index in [4.69, 9.17) is 0 Å². The Morgan fingerprint density at radius 3 is 3.25 bits per heavy atom. The van der Waals surface area contributed by atoms with Gasteiger partial charge in [0.1, 0.15) is 0 Å². The van der Waals surface area contributed by atoms with Gasteiger partial charge in [0.05, 0.1) is 0 Å². The average molecular weight is 266 g/mol. The number of carbonyl (C=O) groups is 1. The summed E-state index contributed by atoms with van der Waals surface area (Å²) in [6, 6.07) is 2.02. The number of nitrogens with one attached hydrogen (secondary N) is 1. The molecule has 0 atom stereocenters. The van der Waals surface area contributed by atoms with Crippen molar-refractivity contribution in [2.75, 3.05) is 6.54 Å². The quantitative estimate of drug-likeness (QED) is 0.622. The SMILES string of the molecule is O=C1NCCc2c[c]([Sn])ncc21. The van der Waals surface area contributed by atoms with E-state index in [1.165, 1.54) is 22.5 Å². The van der Waals surface area contributed by atoms with E-state index in [1.54, 1.807) is 6.20 Å². The number of hydrogen-bond acceptors (Lipinski definition) is 2. The van der Waals surface area contributed by atoms with Gasteiger partial charge in [-0.3, -0.25) is 0 Å². The summed E-state index contributed by atoms with van der Waals surface area (Å²) in [4.78, 5) is 15.4. The Balaban J connectivity index is 2.53. The van der Waals surface area contributed by atoms with Gasteiger partial charge in [0.2, 0.25) is 0 Å². The van der Waals surface area contributed by atoms with Crippen molar-refractivity contribution in [2.45, 2.75) is 6.42 Å². The van der Waals surface area contributed by atoms with Crippen LogP contribution in [0, 0.1) is 0 Å². The molecular weight excluding hydrogens is 259 g/mol. The van der Waals surface area contributed by atoms with E-state index in [2.05, 4.69) is 10.3 Å². The van der Waals surface area contributed by atoms with Gasteiger partial charge in [0.25, 0.3) is 0 Å².